The Labute approximate surface area is 132 Å². The summed E-state index contributed by atoms with van der Waals surface area (Å²) in [5.74, 6) is -0.417. The molecule has 0 saturated heterocycles. The van der Waals surface area contributed by atoms with Gasteiger partial charge in [0, 0.05) is 30.1 Å². The number of anilines is 1. The Morgan fingerprint density at radius 2 is 2.32 bits per heavy atom. The van der Waals surface area contributed by atoms with Crippen molar-refractivity contribution in [3.63, 3.8) is 0 Å². The first-order valence-corrected chi connectivity index (χ1v) is 8.10. The molecule has 0 fully saturated rings. The molecule has 1 aliphatic rings. The van der Waals surface area contributed by atoms with Crippen LogP contribution in [0.25, 0.3) is 0 Å². The number of hydrogen-bond acceptors (Lipinski definition) is 5. The number of amides is 1. The molecule has 22 heavy (non-hydrogen) atoms. The molecular formula is C15H18N4O2S. The molecular weight excluding hydrogens is 300 g/mol. The Morgan fingerprint density at radius 1 is 1.50 bits per heavy atom. The van der Waals surface area contributed by atoms with Gasteiger partial charge in [0.15, 0.2) is 5.13 Å². The van der Waals surface area contributed by atoms with Crippen LogP contribution < -0.4 is 10.9 Å². The molecule has 2 N–H and O–H groups in total. The Hall–Kier alpha value is -1.99. The van der Waals surface area contributed by atoms with Gasteiger partial charge in [0.05, 0.1) is 5.69 Å². The second-order valence-electron chi connectivity index (χ2n) is 5.35. The molecule has 0 bridgehead atoms. The van der Waals surface area contributed by atoms with Gasteiger partial charge in [-0.1, -0.05) is 6.92 Å². The largest absolute Gasteiger partial charge is 0.326 e. The number of rotatable bonds is 3. The monoisotopic (exact) mass is 318 g/mol. The number of aromatic nitrogens is 2. The summed E-state index contributed by atoms with van der Waals surface area (Å²) in [6.45, 7) is 6.80. The number of nitrogens with one attached hydrogen (secondary N) is 2. The van der Waals surface area contributed by atoms with Gasteiger partial charge in [-0.2, -0.15) is 0 Å². The molecule has 7 heteroatoms. The fourth-order valence-corrected chi connectivity index (χ4v) is 3.53. The Balaban J connectivity index is 1.78. The van der Waals surface area contributed by atoms with Crippen LogP contribution in [0.5, 0.6) is 0 Å². The van der Waals surface area contributed by atoms with Crippen LogP contribution in [0, 0.1) is 6.92 Å². The quantitative estimate of drug-likeness (QED) is 0.904. The minimum atomic E-state index is -0.417. The zero-order valence-corrected chi connectivity index (χ0v) is 13.4. The standard InChI is InChI=1S/C15H18N4O2S/c1-3-19-7-6-11-12(8-19)22-15(17-11)18-14(21)10-5-4-9(2)16-13(10)20/h4-5H,3,6-8H2,1-2H3,(H,16,20)(H,17,18,21). The van der Waals surface area contributed by atoms with E-state index in [-0.39, 0.29) is 11.1 Å². The van der Waals surface area contributed by atoms with Crippen LogP contribution >= 0.6 is 11.3 Å². The maximum absolute atomic E-state index is 12.2. The molecule has 3 heterocycles. The van der Waals surface area contributed by atoms with E-state index in [1.54, 1.807) is 13.0 Å². The smallest absolute Gasteiger partial charge is 0.263 e. The van der Waals surface area contributed by atoms with Crippen molar-refractivity contribution in [3.8, 4) is 0 Å². The van der Waals surface area contributed by atoms with Gasteiger partial charge in [-0.15, -0.1) is 11.3 Å². The number of carbonyl (C=O) groups excluding carboxylic acids is 1. The van der Waals surface area contributed by atoms with Crippen LogP contribution in [0.2, 0.25) is 0 Å². The van der Waals surface area contributed by atoms with Crippen molar-refractivity contribution in [2.24, 2.45) is 0 Å². The lowest BCUT2D eigenvalue weighted by atomic mass is 10.2. The molecule has 1 amide bonds. The van der Waals surface area contributed by atoms with Gasteiger partial charge in [0.2, 0.25) is 0 Å². The average molecular weight is 318 g/mol. The zero-order valence-electron chi connectivity index (χ0n) is 12.6. The van der Waals surface area contributed by atoms with Gasteiger partial charge in [0.25, 0.3) is 11.5 Å². The predicted molar refractivity (Wildman–Crippen MR) is 86.5 cm³/mol. The SMILES string of the molecule is CCN1CCc2nc(NC(=O)c3ccc(C)[nH]c3=O)sc2C1. The van der Waals surface area contributed by atoms with Crippen molar-refractivity contribution >= 4 is 22.4 Å². The van der Waals surface area contributed by atoms with Crippen LogP contribution in [0.4, 0.5) is 5.13 Å². The summed E-state index contributed by atoms with van der Waals surface area (Å²) in [7, 11) is 0. The van der Waals surface area contributed by atoms with E-state index in [2.05, 4.69) is 27.1 Å². The van der Waals surface area contributed by atoms with E-state index in [0.717, 1.165) is 37.4 Å². The molecule has 0 aliphatic carbocycles. The van der Waals surface area contributed by atoms with E-state index in [0.29, 0.717) is 5.13 Å². The minimum absolute atomic E-state index is 0.106. The number of carbonyl (C=O) groups is 1. The van der Waals surface area contributed by atoms with Crippen molar-refractivity contribution in [2.75, 3.05) is 18.4 Å². The number of H-pyrrole nitrogens is 1. The highest BCUT2D eigenvalue weighted by Gasteiger charge is 2.21. The van der Waals surface area contributed by atoms with Crippen LogP contribution in [0.1, 0.15) is 33.5 Å². The Kier molecular flexibility index (Phi) is 4.08. The molecule has 0 spiro atoms. The highest BCUT2D eigenvalue weighted by atomic mass is 32.1. The number of likely N-dealkylation sites (N-methyl/N-ethyl adjacent to an activating group) is 1. The second-order valence-corrected chi connectivity index (χ2v) is 6.43. The number of nitrogens with zero attached hydrogens (tertiary/aromatic N) is 2. The van der Waals surface area contributed by atoms with Gasteiger partial charge in [-0.3, -0.25) is 19.8 Å². The summed E-state index contributed by atoms with van der Waals surface area (Å²) >= 11 is 1.49. The lowest BCUT2D eigenvalue weighted by molar-refractivity contribution is 0.102. The van der Waals surface area contributed by atoms with Crippen LogP contribution in [0.15, 0.2) is 16.9 Å². The number of hydrogen-bond donors (Lipinski definition) is 2. The summed E-state index contributed by atoms with van der Waals surface area (Å²) in [6.07, 6.45) is 0.903. The van der Waals surface area contributed by atoms with Gasteiger partial charge in [-0.05, 0) is 25.6 Å². The van der Waals surface area contributed by atoms with Gasteiger partial charge in [0.1, 0.15) is 5.56 Å². The molecule has 6 nitrogen and oxygen atoms in total. The van der Waals surface area contributed by atoms with Crippen LogP contribution in [-0.2, 0) is 13.0 Å². The lowest BCUT2D eigenvalue weighted by Gasteiger charge is -2.23. The molecule has 0 radical (unpaired) electrons. The van der Waals surface area contributed by atoms with E-state index >= 15 is 0 Å². The predicted octanol–water partition coefficient (Wildman–Crippen LogP) is 1.77. The fraction of sp³-hybridized carbons (Fsp3) is 0.400. The fourth-order valence-electron chi connectivity index (χ4n) is 2.49. The molecule has 0 atom stereocenters. The third-order valence-corrected chi connectivity index (χ3v) is 4.78. The van der Waals surface area contributed by atoms with Crippen molar-refractivity contribution in [1.82, 2.24) is 14.9 Å². The third-order valence-electron chi connectivity index (χ3n) is 3.78. The summed E-state index contributed by atoms with van der Waals surface area (Å²) < 4.78 is 0. The van der Waals surface area contributed by atoms with E-state index in [1.165, 1.54) is 22.3 Å². The molecule has 0 saturated carbocycles. The molecule has 1 aliphatic heterocycles. The molecule has 2 aromatic rings. The summed E-state index contributed by atoms with van der Waals surface area (Å²) in [4.78, 5) is 34.7. The van der Waals surface area contributed by atoms with Gasteiger partial charge < -0.3 is 4.98 Å². The number of fused-ring (bicyclic) bond motifs is 1. The second kappa shape index (κ2) is 6.02. The number of aromatic amines is 1. The van der Waals surface area contributed by atoms with E-state index < -0.39 is 5.91 Å². The summed E-state index contributed by atoms with van der Waals surface area (Å²) in [6, 6.07) is 3.25. The maximum Gasteiger partial charge on any atom is 0.263 e. The van der Waals surface area contributed by atoms with Crippen molar-refractivity contribution < 1.29 is 4.79 Å². The highest BCUT2D eigenvalue weighted by molar-refractivity contribution is 7.15. The average Bonchev–Trinajstić information content (AvgIpc) is 2.87. The first kappa shape index (κ1) is 14.9. The normalized spacial score (nSPS) is 14.6. The van der Waals surface area contributed by atoms with Crippen molar-refractivity contribution in [1.29, 1.82) is 0 Å². The maximum atomic E-state index is 12.2. The molecule has 3 rings (SSSR count). The van der Waals surface area contributed by atoms with Crippen molar-refractivity contribution in [2.45, 2.75) is 26.8 Å². The minimum Gasteiger partial charge on any atom is -0.326 e. The van der Waals surface area contributed by atoms with Crippen LogP contribution in [-0.4, -0.2) is 33.9 Å². The first-order valence-electron chi connectivity index (χ1n) is 7.29. The van der Waals surface area contributed by atoms with E-state index in [1.807, 2.05) is 0 Å². The summed E-state index contributed by atoms with van der Waals surface area (Å²) in [5, 5.41) is 3.30. The van der Waals surface area contributed by atoms with Crippen LogP contribution in [0.3, 0.4) is 0 Å². The van der Waals surface area contributed by atoms with E-state index in [4.69, 9.17) is 0 Å². The molecule has 0 unspecified atom stereocenters. The molecule has 2 aromatic heterocycles. The van der Waals surface area contributed by atoms with Gasteiger partial charge >= 0.3 is 0 Å². The van der Waals surface area contributed by atoms with Gasteiger partial charge in [-0.25, -0.2) is 4.98 Å². The number of pyridine rings is 1. The highest BCUT2D eigenvalue weighted by Crippen LogP contribution is 2.28. The first-order chi connectivity index (χ1) is 10.6. The lowest BCUT2D eigenvalue weighted by Crippen LogP contribution is -2.29. The van der Waals surface area contributed by atoms with E-state index in [9.17, 15) is 9.59 Å². The Bertz CT molecular complexity index is 765. The van der Waals surface area contributed by atoms with Crippen molar-refractivity contribution in [3.05, 3.63) is 44.3 Å². The third kappa shape index (κ3) is 2.95. The number of thiazole rings is 1. The molecule has 116 valence electrons. The summed E-state index contributed by atoms with van der Waals surface area (Å²) in [5.41, 5.74) is 1.51. The number of aryl methyl sites for hydroxylation is 1. The molecule has 0 aromatic carbocycles. The Morgan fingerprint density at radius 3 is 3.05 bits per heavy atom. The zero-order chi connectivity index (χ0) is 15.7. The topological polar surface area (TPSA) is 78.1 Å².